The first-order valence-electron chi connectivity index (χ1n) is 8.26. The van der Waals surface area contributed by atoms with Crippen molar-refractivity contribution >= 4 is 23.9 Å². The molecule has 1 amide bonds. The minimum atomic E-state index is -0.990. The number of hydrogen-bond donors (Lipinski definition) is 2. The second kappa shape index (κ2) is 10.2. The average Bonchev–Trinajstić information content (AvgIpc) is 2.67. The van der Waals surface area contributed by atoms with Crippen LogP contribution in [0.25, 0.3) is 12.2 Å². The number of aliphatic hydroxyl groups excluding tert-OH is 1. The molecule has 6 heteroatoms. The van der Waals surface area contributed by atoms with Crippen LogP contribution in [0.3, 0.4) is 0 Å². The molecular weight excluding hydrogens is 334 g/mol. The van der Waals surface area contributed by atoms with Gasteiger partial charge < -0.3 is 19.7 Å². The summed E-state index contributed by atoms with van der Waals surface area (Å²) in [5.74, 6) is 0.760. The first kappa shape index (κ1) is 19.5. The lowest BCUT2D eigenvalue weighted by Gasteiger charge is -2.12. The van der Waals surface area contributed by atoms with Crippen molar-refractivity contribution in [3.63, 3.8) is 0 Å². The Balaban J connectivity index is 1.87. The molecule has 2 N–H and O–H groups in total. The van der Waals surface area contributed by atoms with Crippen LogP contribution < -0.4 is 9.64 Å². The fourth-order valence-corrected chi connectivity index (χ4v) is 2.17. The summed E-state index contributed by atoms with van der Waals surface area (Å²) in [7, 11) is 1.51. The molecule has 0 saturated heterocycles. The van der Waals surface area contributed by atoms with Gasteiger partial charge in [-0.2, -0.15) is 0 Å². The van der Waals surface area contributed by atoms with E-state index in [2.05, 4.69) is 0 Å². The van der Waals surface area contributed by atoms with Crippen LogP contribution in [0.15, 0.2) is 48.5 Å². The molecule has 138 valence electrons. The van der Waals surface area contributed by atoms with E-state index in [9.17, 15) is 4.79 Å². The van der Waals surface area contributed by atoms with Gasteiger partial charge in [-0.05, 0) is 35.4 Å². The molecule has 0 aliphatic heterocycles. The van der Waals surface area contributed by atoms with E-state index in [1.54, 1.807) is 12.1 Å². The molecule has 2 aromatic rings. The third-order valence-corrected chi connectivity index (χ3v) is 3.65. The number of nitrogens with zero attached hydrogens (tertiary/aromatic N) is 1. The molecular formula is C20H23NO5. The highest BCUT2D eigenvalue weighted by molar-refractivity contribution is 5.85. The smallest absolute Gasteiger partial charge is 0.411 e. The lowest BCUT2D eigenvalue weighted by molar-refractivity contribution is 0.0705. The highest BCUT2D eigenvalue weighted by Gasteiger charge is 2.06. The van der Waals surface area contributed by atoms with Crippen LogP contribution >= 0.6 is 0 Å². The van der Waals surface area contributed by atoms with E-state index < -0.39 is 6.09 Å². The van der Waals surface area contributed by atoms with E-state index in [0.29, 0.717) is 25.5 Å². The number of rotatable bonds is 9. The van der Waals surface area contributed by atoms with Gasteiger partial charge in [-0.1, -0.05) is 36.4 Å². The maximum absolute atomic E-state index is 10.9. The molecule has 0 aliphatic rings. The van der Waals surface area contributed by atoms with Crippen LogP contribution in [-0.4, -0.2) is 49.8 Å². The van der Waals surface area contributed by atoms with E-state index in [1.165, 1.54) is 11.9 Å². The molecule has 0 radical (unpaired) electrons. The average molecular weight is 357 g/mol. The topological polar surface area (TPSA) is 79.2 Å². The maximum Gasteiger partial charge on any atom is 0.411 e. The maximum atomic E-state index is 10.9. The van der Waals surface area contributed by atoms with Crippen LogP contribution in [-0.2, 0) is 4.74 Å². The van der Waals surface area contributed by atoms with Crippen LogP contribution in [0.5, 0.6) is 5.75 Å². The van der Waals surface area contributed by atoms with E-state index >= 15 is 0 Å². The summed E-state index contributed by atoms with van der Waals surface area (Å²) in [6, 6.07) is 14.9. The monoisotopic (exact) mass is 357 g/mol. The van der Waals surface area contributed by atoms with Crippen molar-refractivity contribution in [1.82, 2.24) is 0 Å². The summed E-state index contributed by atoms with van der Waals surface area (Å²) in [5.41, 5.74) is 2.63. The first-order valence-corrected chi connectivity index (χ1v) is 8.26. The molecule has 0 atom stereocenters. The predicted octanol–water partition coefficient (Wildman–Crippen LogP) is 3.36. The summed E-state index contributed by atoms with van der Waals surface area (Å²) in [6.07, 6.45) is 2.95. The van der Waals surface area contributed by atoms with Crippen LogP contribution in [0.4, 0.5) is 10.5 Å². The number of aliphatic hydroxyl groups is 1. The Hall–Kier alpha value is -2.83. The standard InChI is InChI=1S/C20H23NO5/c1-21(20(23)24)18-8-4-16(5-9-18)2-3-17-6-10-19(11-7-17)26-15-14-25-13-12-22/h2-11,22H,12-15H2,1H3,(H,23,24). The highest BCUT2D eigenvalue weighted by Crippen LogP contribution is 2.17. The first-order chi connectivity index (χ1) is 12.6. The van der Waals surface area contributed by atoms with Crippen molar-refractivity contribution in [2.75, 3.05) is 38.4 Å². The second-order valence-corrected chi connectivity index (χ2v) is 5.52. The molecule has 2 rings (SSSR count). The van der Waals surface area contributed by atoms with Crippen molar-refractivity contribution in [2.45, 2.75) is 0 Å². The fourth-order valence-electron chi connectivity index (χ4n) is 2.17. The zero-order valence-electron chi connectivity index (χ0n) is 14.7. The van der Waals surface area contributed by atoms with Gasteiger partial charge in [-0.25, -0.2) is 4.79 Å². The Morgan fingerprint density at radius 3 is 2.08 bits per heavy atom. The number of amides is 1. The van der Waals surface area contributed by atoms with Gasteiger partial charge in [-0.3, -0.25) is 4.90 Å². The van der Waals surface area contributed by atoms with Crippen LogP contribution in [0.1, 0.15) is 11.1 Å². The normalized spacial score (nSPS) is 10.8. The van der Waals surface area contributed by atoms with E-state index in [4.69, 9.17) is 19.7 Å². The molecule has 0 saturated carbocycles. The summed E-state index contributed by atoms with van der Waals surface area (Å²) < 4.78 is 10.7. The van der Waals surface area contributed by atoms with E-state index in [1.807, 2.05) is 48.6 Å². The quantitative estimate of drug-likeness (QED) is 0.531. The molecule has 0 aliphatic carbocycles. The van der Waals surface area contributed by atoms with Crippen molar-refractivity contribution in [1.29, 1.82) is 0 Å². The summed E-state index contributed by atoms with van der Waals surface area (Å²) in [4.78, 5) is 12.1. The van der Waals surface area contributed by atoms with Gasteiger partial charge in [0.25, 0.3) is 0 Å². The Morgan fingerprint density at radius 2 is 1.54 bits per heavy atom. The largest absolute Gasteiger partial charge is 0.491 e. The number of benzene rings is 2. The van der Waals surface area contributed by atoms with Gasteiger partial charge in [-0.15, -0.1) is 0 Å². The Bertz CT molecular complexity index is 710. The number of carboxylic acid groups (broad SMARTS) is 1. The fraction of sp³-hybridized carbons (Fsp3) is 0.250. The van der Waals surface area contributed by atoms with Crippen molar-refractivity contribution in [3.05, 3.63) is 59.7 Å². The number of hydrogen-bond acceptors (Lipinski definition) is 4. The van der Waals surface area contributed by atoms with E-state index in [0.717, 1.165) is 16.9 Å². The zero-order valence-corrected chi connectivity index (χ0v) is 14.7. The molecule has 0 unspecified atom stereocenters. The Morgan fingerprint density at radius 1 is 0.962 bits per heavy atom. The minimum Gasteiger partial charge on any atom is -0.491 e. The molecule has 0 bridgehead atoms. The lowest BCUT2D eigenvalue weighted by Crippen LogP contribution is -2.23. The molecule has 26 heavy (non-hydrogen) atoms. The molecule has 0 spiro atoms. The van der Waals surface area contributed by atoms with Gasteiger partial charge in [0, 0.05) is 12.7 Å². The zero-order chi connectivity index (χ0) is 18.8. The van der Waals surface area contributed by atoms with Crippen molar-refractivity contribution < 1.29 is 24.5 Å². The van der Waals surface area contributed by atoms with Crippen molar-refractivity contribution in [3.8, 4) is 5.75 Å². The van der Waals surface area contributed by atoms with Crippen molar-refractivity contribution in [2.24, 2.45) is 0 Å². The summed E-state index contributed by atoms with van der Waals surface area (Å²) in [6.45, 7) is 1.21. The van der Waals surface area contributed by atoms with Gasteiger partial charge in [0.15, 0.2) is 0 Å². The molecule has 0 fully saturated rings. The van der Waals surface area contributed by atoms with Crippen LogP contribution in [0, 0.1) is 0 Å². The molecule has 0 aromatic heterocycles. The third kappa shape index (κ3) is 6.23. The minimum absolute atomic E-state index is 0.0139. The predicted molar refractivity (Wildman–Crippen MR) is 102 cm³/mol. The Labute approximate surface area is 152 Å². The molecule has 2 aromatic carbocycles. The molecule has 0 heterocycles. The number of carbonyl (C=O) groups is 1. The van der Waals surface area contributed by atoms with Gasteiger partial charge in [0.1, 0.15) is 12.4 Å². The summed E-state index contributed by atoms with van der Waals surface area (Å²) in [5, 5.41) is 17.6. The second-order valence-electron chi connectivity index (χ2n) is 5.52. The van der Waals surface area contributed by atoms with Gasteiger partial charge in [0.2, 0.25) is 0 Å². The summed E-state index contributed by atoms with van der Waals surface area (Å²) >= 11 is 0. The highest BCUT2D eigenvalue weighted by atomic mass is 16.5. The SMILES string of the molecule is CN(C(=O)O)c1ccc(C=Cc2ccc(OCCOCCO)cc2)cc1. The van der Waals surface area contributed by atoms with Gasteiger partial charge in [0.05, 0.1) is 19.8 Å². The number of ether oxygens (including phenoxy) is 2. The molecule has 6 nitrogen and oxygen atoms in total. The lowest BCUT2D eigenvalue weighted by atomic mass is 10.1. The van der Waals surface area contributed by atoms with E-state index in [-0.39, 0.29) is 6.61 Å². The Kier molecular flexibility index (Phi) is 7.67. The number of anilines is 1. The van der Waals surface area contributed by atoms with Crippen LogP contribution in [0.2, 0.25) is 0 Å². The third-order valence-electron chi connectivity index (χ3n) is 3.65. The van der Waals surface area contributed by atoms with Gasteiger partial charge >= 0.3 is 6.09 Å².